The summed E-state index contributed by atoms with van der Waals surface area (Å²) in [5, 5.41) is 15.7. The average Bonchev–Trinajstić information content (AvgIpc) is 3.26. The van der Waals surface area contributed by atoms with E-state index in [0.717, 1.165) is 11.8 Å². The van der Waals surface area contributed by atoms with E-state index >= 15 is 0 Å². The van der Waals surface area contributed by atoms with Gasteiger partial charge in [0, 0.05) is 38.1 Å². The number of hydrogen-bond acceptors (Lipinski definition) is 16. The van der Waals surface area contributed by atoms with Crippen molar-refractivity contribution in [1.82, 2.24) is 36.8 Å². The second-order valence-corrected chi connectivity index (χ2v) is 20.3. The van der Waals surface area contributed by atoms with Crippen molar-refractivity contribution in [3.63, 3.8) is 0 Å². The number of nitrogens with two attached hydrogens (primary N) is 1. The quantitative estimate of drug-likeness (QED) is 0.0641. The molecule has 0 unspecified atom stereocenters. The molecule has 0 saturated heterocycles. The maximum absolute atomic E-state index is 14.6. The number of nitrogens with zero attached hydrogens (tertiary/aromatic N) is 1. The molecule has 0 aromatic heterocycles. The van der Waals surface area contributed by atoms with Gasteiger partial charge in [0.05, 0.1) is 25.2 Å². The molecule has 4 bridgehead atoms. The van der Waals surface area contributed by atoms with Gasteiger partial charge >= 0.3 is 24.2 Å². The van der Waals surface area contributed by atoms with Crippen LogP contribution in [0.25, 0.3) is 11.1 Å². The van der Waals surface area contributed by atoms with Crippen molar-refractivity contribution in [2.24, 2.45) is 5.73 Å². The summed E-state index contributed by atoms with van der Waals surface area (Å²) >= 11 is 0. The van der Waals surface area contributed by atoms with Crippen LogP contribution < -0.4 is 47.1 Å². The molecule has 5 atom stereocenters. The number of carbonyl (C=O) groups excluding carboxylic acids is 9. The zero-order valence-electron chi connectivity index (χ0n) is 44.2. The van der Waals surface area contributed by atoms with E-state index in [1.165, 1.54) is 20.9 Å². The second kappa shape index (κ2) is 26.5. The minimum Gasteiger partial charge on any atom is -0.491 e. The van der Waals surface area contributed by atoms with E-state index < -0.39 is 107 Å². The van der Waals surface area contributed by atoms with Crippen molar-refractivity contribution in [1.29, 1.82) is 0 Å². The molecule has 23 nitrogen and oxygen atoms in total. The summed E-state index contributed by atoms with van der Waals surface area (Å²) in [6.45, 7) is 18.5. The Bertz CT molecular complexity index is 2320. The number of benzene rings is 2. The average molecular weight is 1030 g/mol. The van der Waals surface area contributed by atoms with Gasteiger partial charge in [-0.2, -0.15) is 0 Å². The Hall–Kier alpha value is -7.17. The molecule has 404 valence electrons. The molecule has 3 rings (SSSR count). The highest BCUT2D eigenvalue weighted by molar-refractivity contribution is 5.97. The minimum atomic E-state index is -1.48. The van der Waals surface area contributed by atoms with Crippen molar-refractivity contribution in [2.75, 3.05) is 46.5 Å². The predicted molar refractivity (Wildman–Crippen MR) is 266 cm³/mol. The standard InChI is InChI=1S/C50H74N8O15/c1-28(37(60)27-70-30(3)59)55-42(62)36-25-31-14-16-38(68-22-20-53-46(66)72-49(7,8)9)33(24-31)34-26-32(15-17-39(34)69-23-21-54-47(67)73-50(10,11)12)40(43(63)56-29(2)41(61)57-36)58(13)44(64)35(51)18-19-52-45(65)71-48(4,5)6/h14-17,24,26,28-29,35-36,40H,18-23,25,27,51H2,1-13H3,(H,52,65)(H,53,66)(H,54,67)(H,55,62)(H,56,63)(H,57,61)/t28-,29-,35-,36-,40-/m0/s1. The van der Waals surface area contributed by atoms with E-state index in [0.29, 0.717) is 16.7 Å². The van der Waals surface area contributed by atoms with Crippen LogP contribution in [-0.4, -0.2) is 146 Å². The summed E-state index contributed by atoms with van der Waals surface area (Å²) < 4.78 is 33.4. The second-order valence-electron chi connectivity index (χ2n) is 20.3. The molecule has 0 spiro atoms. The van der Waals surface area contributed by atoms with Crippen LogP contribution in [0.3, 0.4) is 0 Å². The Labute approximate surface area is 426 Å². The fraction of sp³-hybridized carbons (Fsp3) is 0.580. The third-order valence-corrected chi connectivity index (χ3v) is 10.2. The van der Waals surface area contributed by atoms with Crippen LogP contribution in [0.1, 0.15) is 107 Å². The lowest BCUT2D eigenvalue weighted by Gasteiger charge is -2.32. The number of fused-ring (bicyclic) bond motifs is 5. The molecule has 1 aliphatic heterocycles. The van der Waals surface area contributed by atoms with Crippen LogP contribution in [-0.2, 0) is 54.1 Å². The Morgan fingerprint density at radius 3 is 1.73 bits per heavy atom. The lowest BCUT2D eigenvalue weighted by molar-refractivity contribution is -0.146. The van der Waals surface area contributed by atoms with Crippen molar-refractivity contribution in [3.8, 4) is 22.6 Å². The molecule has 0 radical (unpaired) electrons. The van der Waals surface area contributed by atoms with Gasteiger partial charge in [-0.05, 0) is 118 Å². The van der Waals surface area contributed by atoms with Crippen LogP contribution in [0, 0.1) is 0 Å². The largest absolute Gasteiger partial charge is 0.491 e. The first-order chi connectivity index (χ1) is 33.8. The number of likely N-dealkylation sites (N-methyl/N-ethyl adjacent to an activating group) is 1. The number of ketones is 1. The number of rotatable bonds is 18. The van der Waals surface area contributed by atoms with Crippen LogP contribution in [0.15, 0.2) is 36.4 Å². The predicted octanol–water partition coefficient (Wildman–Crippen LogP) is 3.08. The molecule has 8 N–H and O–H groups in total. The lowest BCUT2D eigenvalue weighted by Crippen LogP contribution is -2.56. The third kappa shape index (κ3) is 20.8. The van der Waals surface area contributed by atoms with Gasteiger partial charge < -0.3 is 71.0 Å². The molecule has 0 saturated carbocycles. The van der Waals surface area contributed by atoms with Crippen molar-refractivity contribution in [2.45, 2.75) is 143 Å². The topological polar surface area (TPSA) is 310 Å². The minimum absolute atomic E-state index is 0.000635. The van der Waals surface area contributed by atoms with Crippen molar-refractivity contribution < 1.29 is 71.6 Å². The van der Waals surface area contributed by atoms with Crippen LogP contribution >= 0.6 is 0 Å². The van der Waals surface area contributed by atoms with E-state index in [-0.39, 0.29) is 62.8 Å². The molecule has 2 aromatic carbocycles. The molecular weight excluding hydrogens is 953 g/mol. The number of hydrogen-bond donors (Lipinski definition) is 7. The van der Waals surface area contributed by atoms with Gasteiger partial charge in [-0.15, -0.1) is 0 Å². The van der Waals surface area contributed by atoms with Gasteiger partial charge in [0.15, 0.2) is 12.4 Å². The smallest absolute Gasteiger partial charge is 0.407 e. The Morgan fingerprint density at radius 1 is 0.726 bits per heavy atom. The summed E-state index contributed by atoms with van der Waals surface area (Å²) in [6, 6.07) is 3.01. The number of Topliss-reactive ketones (excluding diaryl/α,β-unsaturated/α-hetero) is 1. The maximum Gasteiger partial charge on any atom is 0.407 e. The van der Waals surface area contributed by atoms with Crippen LogP contribution in [0.4, 0.5) is 14.4 Å². The zero-order chi connectivity index (χ0) is 55.0. The van der Waals surface area contributed by atoms with E-state index in [2.05, 4.69) is 31.9 Å². The summed E-state index contributed by atoms with van der Waals surface area (Å²) in [5.41, 5.74) is 5.39. The van der Waals surface area contributed by atoms with Gasteiger partial charge in [-0.3, -0.25) is 28.8 Å². The van der Waals surface area contributed by atoms with Crippen molar-refractivity contribution >= 4 is 53.7 Å². The third-order valence-electron chi connectivity index (χ3n) is 10.2. The molecular formula is C50H74N8O15. The summed E-state index contributed by atoms with van der Waals surface area (Å²) in [5.74, 6) is -4.03. The van der Waals surface area contributed by atoms with E-state index in [1.807, 2.05) is 0 Å². The molecule has 0 fully saturated rings. The summed E-state index contributed by atoms with van der Waals surface area (Å²) in [4.78, 5) is 119. The number of carbonyl (C=O) groups is 9. The number of alkyl carbamates (subject to hydrolysis) is 3. The van der Waals surface area contributed by atoms with Crippen LogP contribution in [0.5, 0.6) is 11.5 Å². The molecule has 0 aliphatic carbocycles. The van der Waals surface area contributed by atoms with Crippen LogP contribution in [0.2, 0.25) is 0 Å². The van der Waals surface area contributed by atoms with Gasteiger partial charge in [-0.1, -0.05) is 12.1 Å². The Balaban J connectivity index is 2.23. The van der Waals surface area contributed by atoms with Crippen molar-refractivity contribution in [3.05, 3.63) is 47.5 Å². The van der Waals surface area contributed by atoms with E-state index in [4.69, 9.17) is 34.2 Å². The number of esters is 1. The molecule has 73 heavy (non-hydrogen) atoms. The van der Waals surface area contributed by atoms with E-state index in [9.17, 15) is 43.2 Å². The molecule has 7 amide bonds. The summed E-state index contributed by atoms with van der Waals surface area (Å²) in [7, 11) is 1.35. The number of nitrogens with one attached hydrogen (secondary N) is 6. The fourth-order valence-electron chi connectivity index (χ4n) is 6.85. The van der Waals surface area contributed by atoms with E-state index in [1.54, 1.807) is 98.7 Å². The summed E-state index contributed by atoms with van der Waals surface area (Å²) in [6.07, 6.45) is -2.31. The highest BCUT2D eigenvalue weighted by atomic mass is 16.6. The van der Waals surface area contributed by atoms with Gasteiger partial charge in [0.1, 0.15) is 59.6 Å². The Morgan fingerprint density at radius 2 is 1.22 bits per heavy atom. The molecule has 1 aliphatic rings. The monoisotopic (exact) mass is 1030 g/mol. The maximum atomic E-state index is 14.6. The van der Waals surface area contributed by atoms with Gasteiger partial charge in [-0.25, -0.2) is 14.4 Å². The normalized spacial score (nSPS) is 16.8. The SMILES string of the molecule is CC(=O)OCC(=O)[C@H](C)NC(=O)[C@@H]1Cc2ccc(OCCNC(=O)OC(C)(C)C)c(c2)-c2cc(ccc2OCCNC(=O)OC(C)(C)C)[C@H](N(C)C(=O)[C@@H](N)CCNC(=O)OC(C)(C)C)C(=O)N[C@@H](C)C(=O)N1. The lowest BCUT2D eigenvalue weighted by atomic mass is 9.93. The molecule has 1 heterocycles. The highest BCUT2D eigenvalue weighted by Crippen LogP contribution is 2.40. The number of amides is 7. The van der Waals surface area contributed by atoms with Gasteiger partial charge in [0.25, 0.3) is 0 Å². The fourth-order valence-corrected chi connectivity index (χ4v) is 6.85. The number of ether oxygens (including phenoxy) is 6. The first kappa shape index (κ1) is 60.1. The highest BCUT2D eigenvalue weighted by Gasteiger charge is 2.35. The molecule has 2 aromatic rings. The first-order valence-electron chi connectivity index (χ1n) is 23.9. The van der Waals surface area contributed by atoms with Gasteiger partial charge in [0.2, 0.25) is 23.6 Å². The molecule has 23 heteroatoms. The first-order valence-corrected chi connectivity index (χ1v) is 23.9. The zero-order valence-corrected chi connectivity index (χ0v) is 44.2. The Kier molecular flexibility index (Phi) is 21.8.